The molecule has 0 saturated carbocycles. The number of carbonyl (C=O) groups is 1. The maximum absolute atomic E-state index is 10.3. The average Bonchev–Trinajstić information content (AvgIpc) is 2.83. The Kier molecular flexibility index (Phi) is 3.22. The molecule has 1 aromatic carbocycles. The van der Waals surface area contributed by atoms with Gasteiger partial charge >= 0.3 is 0 Å². The van der Waals surface area contributed by atoms with Gasteiger partial charge in [-0.05, 0) is 6.07 Å². The number of ether oxygens (including phenoxy) is 4. The summed E-state index contributed by atoms with van der Waals surface area (Å²) in [6.45, 7) is 0.465. The van der Waals surface area contributed by atoms with Crippen LogP contribution in [0.25, 0.3) is 0 Å². The van der Waals surface area contributed by atoms with E-state index in [4.69, 9.17) is 18.9 Å². The molecule has 0 atom stereocenters. The highest BCUT2D eigenvalue weighted by Crippen LogP contribution is 2.49. The number of hydrogen-bond acceptors (Lipinski definition) is 5. The average molecular weight is 239 g/mol. The number of amides is 1. The Morgan fingerprint density at radius 3 is 2.76 bits per heavy atom. The first-order valence-corrected chi connectivity index (χ1v) is 5.02. The summed E-state index contributed by atoms with van der Waals surface area (Å²) >= 11 is 0. The lowest BCUT2D eigenvalue weighted by Gasteiger charge is -2.13. The van der Waals surface area contributed by atoms with E-state index in [1.54, 1.807) is 13.2 Å². The van der Waals surface area contributed by atoms with Crippen molar-refractivity contribution >= 4 is 6.41 Å². The van der Waals surface area contributed by atoms with Gasteiger partial charge in [0.25, 0.3) is 0 Å². The summed E-state index contributed by atoms with van der Waals surface area (Å²) in [4.78, 5) is 10.3. The van der Waals surface area contributed by atoms with Crippen LogP contribution in [0.15, 0.2) is 6.07 Å². The largest absolute Gasteiger partial charge is 0.493 e. The molecular weight excluding hydrogens is 226 g/mol. The van der Waals surface area contributed by atoms with E-state index < -0.39 is 0 Å². The van der Waals surface area contributed by atoms with E-state index in [0.717, 1.165) is 5.56 Å². The number of carbonyl (C=O) groups excluding carboxylic acids is 1. The van der Waals surface area contributed by atoms with E-state index in [9.17, 15) is 4.79 Å². The quantitative estimate of drug-likeness (QED) is 0.765. The zero-order valence-electron chi connectivity index (χ0n) is 9.61. The molecule has 0 aliphatic carbocycles. The number of methoxy groups -OCH3 is 2. The third kappa shape index (κ3) is 1.93. The first-order chi connectivity index (χ1) is 8.31. The fraction of sp³-hybridized carbons (Fsp3) is 0.364. The monoisotopic (exact) mass is 239 g/mol. The van der Waals surface area contributed by atoms with E-state index in [2.05, 4.69) is 5.32 Å². The van der Waals surface area contributed by atoms with Gasteiger partial charge in [0, 0.05) is 12.1 Å². The number of rotatable bonds is 5. The lowest BCUT2D eigenvalue weighted by molar-refractivity contribution is -0.109. The molecule has 6 heteroatoms. The van der Waals surface area contributed by atoms with Gasteiger partial charge in [0.1, 0.15) is 0 Å². The van der Waals surface area contributed by atoms with Crippen LogP contribution in [0.2, 0.25) is 0 Å². The van der Waals surface area contributed by atoms with Crippen LogP contribution in [-0.2, 0) is 11.3 Å². The van der Waals surface area contributed by atoms with E-state index >= 15 is 0 Å². The predicted octanol–water partition coefficient (Wildman–Crippen LogP) is 0.678. The Hall–Kier alpha value is -2.11. The molecule has 1 aliphatic heterocycles. The lowest BCUT2D eigenvalue weighted by atomic mass is 10.1. The highest BCUT2D eigenvalue weighted by molar-refractivity contribution is 5.64. The number of benzene rings is 1. The molecular formula is C11H13NO5. The fourth-order valence-corrected chi connectivity index (χ4v) is 1.72. The van der Waals surface area contributed by atoms with Gasteiger partial charge in [-0.15, -0.1) is 0 Å². The molecule has 0 spiro atoms. The Labute approximate surface area is 98.4 Å². The van der Waals surface area contributed by atoms with Crippen molar-refractivity contribution in [2.45, 2.75) is 6.54 Å². The number of hydrogen-bond donors (Lipinski definition) is 1. The molecule has 1 heterocycles. The first-order valence-electron chi connectivity index (χ1n) is 5.02. The summed E-state index contributed by atoms with van der Waals surface area (Å²) in [7, 11) is 3.08. The molecule has 0 bridgehead atoms. The van der Waals surface area contributed by atoms with Crippen LogP contribution in [0.3, 0.4) is 0 Å². The fourth-order valence-electron chi connectivity index (χ4n) is 1.72. The van der Waals surface area contributed by atoms with Gasteiger partial charge in [-0.3, -0.25) is 4.79 Å². The zero-order chi connectivity index (χ0) is 12.3. The van der Waals surface area contributed by atoms with Crippen LogP contribution in [0.1, 0.15) is 5.56 Å². The second-order valence-corrected chi connectivity index (χ2v) is 3.33. The molecule has 6 nitrogen and oxygen atoms in total. The standard InChI is InChI=1S/C11H13NO5/c1-14-8-3-7(4-12-5-13)9(15-2)11-10(8)16-6-17-11/h3,5H,4,6H2,1-2H3,(H,12,13). The maximum atomic E-state index is 10.3. The Bertz CT molecular complexity index is 432. The molecule has 92 valence electrons. The Balaban J connectivity index is 2.47. The van der Waals surface area contributed by atoms with Gasteiger partial charge in [0.05, 0.1) is 14.2 Å². The van der Waals surface area contributed by atoms with Gasteiger partial charge in [0.15, 0.2) is 11.5 Å². The highest BCUT2D eigenvalue weighted by Gasteiger charge is 2.26. The van der Waals surface area contributed by atoms with E-state index in [1.807, 2.05) is 0 Å². The summed E-state index contributed by atoms with van der Waals surface area (Å²) in [6.07, 6.45) is 0.622. The Morgan fingerprint density at radius 2 is 2.12 bits per heavy atom. The molecule has 0 aromatic heterocycles. The number of nitrogens with one attached hydrogen (secondary N) is 1. The van der Waals surface area contributed by atoms with Crippen molar-refractivity contribution < 1.29 is 23.7 Å². The second-order valence-electron chi connectivity index (χ2n) is 3.33. The van der Waals surface area contributed by atoms with Crippen molar-refractivity contribution in [3.63, 3.8) is 0 Å². The van der Waals surface area contributed by atoms with E-state index in [-0.39, 0.29) is 6.79 Å². The summed E-state index contributed by atoms with van der Waals surface area (Å²) in [5.41, 5.74) is 0.765. The van der Waals surface area contributed by atoms with Gasteiger partial charge in [0.2, 0.25) is 24.7 Å². The lowest BCUT2D eigenvalue weighted by Crippen LogP contribution is -2.11. The topological polar surface area (TPSA) is 66.0 Å². The zero-order valence-corrected chi connectivity index (χ0v) is 9.61. The van der Waals surface area contributed by atoms with Crippen LogP contribution in [0, 0.1) is 0 Å². The smallest absolute Gasteiger partial charge is 0.231 e. The van der Waals surface area contributed by atoms with Crippen molar-refractivity contribution in [1.29, 1.82) is 0 Å². The van der Waals surface area contributed by atoms with Crippen LogP contribution in [0.5, 0.6) is 23.0 Å². The summed E-state index contributed by atoms with van der Waals surface area (Å²) in [5, 5.41) is 2.57. The first kappa shape index (κ1) is 11.4. The van der Waals surface area contributed by atoms with Crippen LogP contribution in [0.4, 0.5) is 0 Å². The van der Waals surface area contributed by atoms with E-state index in [1.165, 1.54) is 7.11 Å². The van der Waals surface area contributed by atoms with Gasteiger partial charge in [-0.1, -0.05) is 0 Å². The van der Waals surface area contributed by atoms with Crippen LogP contribution < -0.4 is 24.3 Å². The minimum atomic E-state index is 0.132. The number of fused-ring (bicyclic) bond motifs is 1. The van der Waals surface area contributed by atoms with Crippen LogP contribution >= 0.6 is 0 Å². The molecule has 1 aromatic rings. The van der Waals surface area contributed by atoms with Crippen molar-refractivity contribution in [3.8, 4) is 23.0 Å². The molecule has 1 amide bonds. The van der Waals surface area contributed by atoms with Gasteiger partial charge < -0.3 is 24.3 Å². The molecule has 0 fully saturated rings. The molecule has 0 unspecified atom stereocenters. The van der Waals surface area contributed by atoms with Crippen molar-refractivity contribution in [3.05, 3.63) is 11.6 Å². The Morgan fingerprint density at radius 1 is 1.35 bits per heavy atom. The molecule has 0 saturated heterocycles. The maximum Gasteiger partial charge on any atom is 0.231 e. The molecule has 2 rings (SSSR count). The summed E-state index contributed by atoms with van der Waals surface area (Å²) in [6, 6.07) is 1.75. The van der Waals surface area contributed by atoms with Gasteiger partial charge in [-0.25, -0.2) is 0 Å². The molecule has 1 N–H and O–H groups in total. The summed E-state index contributed by atoms with van der Waals surface area (Å²) < 4.78 is 21.1. The summed E-state index contributed by atoms with van der Waals surface area (Å²) in [5.74, 6) is 2.14. The molecule has 17 heavy (non-hydrogen) atoms. The second kappa shape index (κ2) is 4.82. The van der Waals surface area contributed by atoms with Gasteiger partial charge in [-0.2, -0.15) is 0 Å². The third-order valence-electron chi connectivity index (χ3n) is 2.44. The van der Waals surface area contributed by atoms with E-state index in [0.29, 0.717) is 36.0 Å². The minimum absolute atomic E-state index is 0.132. The van der Waals surface area contributed by atoms with Crippen molar-refractivity contribution in [2.24, 2.45) is 0 Å². The molecule has 0 radical (unpaired) electrons. The van der Waals surface area contributed by atoms with Crippen LogP contribution in [-0.4, -0.2) is 27.4 Å². The SMILES string of the molecule is COc1cc(CNC=O)c(OC)c2c1OCO2. The minimum Gasteiger partial charge on any atom is -0.493 e. The van der Waals surface area contributed by atoms with Crippen molar-refractivity contribution in [2.75, 3.05) is 21.0 Å². The predicted molar refractivity (Wildman–Crippen MR) is 58.6 cm³/mol. The van der Waals surface area contributed by atoms with Crippen molar-refractivity contribution in [1.82, 2.24) is 5.32 Å². The molecule has 1 aliphatic rings. The highest BCUT2D eigenvalue weighted by atomic mass is 16.7. The third-order valence-corrected chi connectivity index (χ3v) is 2.44. The normalized spacial score (nSPS) is 12.1.